The molecule has 4 bridgehead atoms. The summed E-state index contributed by atoms with van der Waals surface area (Å²) < 4.78 is 38.1. The third-order valence-corrected chi connectivity index (χ3v) is 12.1. The predicted octanol–water partition coefficient (Wildman–Crippen LogP) is 3.41. The van der Waals surface area contributed by atoms with Crippen molar-refractivity contribution in [2.45, 2.75) is 135 Å². The first-order chi connectivity index (χ1) is 27.9. The van der Waals surface area contributed by atoms with Crippen LogP contribution in [0.15, 0.2) is 40.6 Å². The number of likely N-dealkylation sites (N-methyl/N-ethyl adjacent to an activating group) is 1. The second-order valence-electron chi connectivity index (χ2n) is 17.1. The molecule has 14 atom stereocenters. The Morgan fingerprint density at radius 2 is 1.80 bits per heavy atom. The Balaban J connectivity index is 1.61. The summed E-state index contributed by atoms with van der Waals surface area (Å²) >= 11 is 0. The molecule has 5 heterocycles. The van der Waals surface area contributed by atoms with Crippen molar-refractivity contribution in [2.24, 2.45) is 33.8 Å². The number of hydrogen-bond donors (Lipinski definition) is 2. The average Bonchev–Trinajstić information content (AvgIpc) is 3.22. The zero-order valence-corrected chi connectivity index (χ0v) is 36.1. The lowest BCUT2D eigenvalue weighted by atomic mass is 9.73. The van der Waals surface area contributed by atoms with Gasteiger partial charge in [-0.25, -0.2) is 4.99 Å². The number of aliphatic hydroxyl groups is 2. The maximum absolute atomic E-state index is 14.4. The largest absolute Gasteiger partial charge is 0.459 e. The molecule has 1 aromatic rings. The number of ketones is 1. The summed E-state index contributed by atoms with van der Waals surface area (Å²) in [6.45, 7) is 13.3. The van der Waals surface area contributed by atoms with Gasteiger partial charge in [0.25, 0.3) is 5.91 Å². The molecule has 0 saturated carbocycles. The quantitative estimate of drug-likeness (QED) is 0.209. The fourth-order valence-corrected chi connectivity index (χ4v) is 8.80. The Bertz CT molecular complexity index is 1700. The molecule has 0 spiro atoms. The van der Waals surface area contributed by atoms with E-state index >= 15 is 0 Å². The van der Waals surface area contributed by atoms with Crippen molar-refractivity contribution in [2.75, 3.05) is 40.5 Å². The lowest BCUT2D eigenvalue weighted by Crippen LogP contribution is -2.60. The smallest absolute Gasteiger partial charge is 0.316 e. The molecule has 1 amide bonds. The molecule has 0 radical (unpaired) electrons. The Morgan fingerprint density at radius 3 is 2.47 bits per heavy atom. The number of amides is 1. The summed E-state index contributed by atoms with van der Waals surface area (Å²) in [5.41, 5.74) is -1.90. The summed E-state index contributed by atoms with van der Waals surface area (Å²) in [4.78, 5) is 59.2. The highest BCUT2D eigenvalue weighted by atomic mass is 16.7. The van der Waals surface area contributed by atoms with Gasteiger partial charge in [-0.15, -0.1) is 0 Å². The van der Waals surface area contributed by atoms with Crippen LogP contribution in [-0.4, -0.2) is 150 Å². The molecule has 4 aliphatic heterocycles. The van der Waals surface area contributed by atoms with Crippen LogP contribution in [-0.2, 0) is 47.6 Å². The van der Waals surface area contributed by atoms with Crippen LogP contribution in [0, 0.1) is 23.7 Å². The molecule has 1 unspecified atom stereocenters. The van der Waals surface area contributed by atoms with Gasteiger partial charge >= 0.3 is 5.97 Å². The van der Waals surface area contributed by atoms with Crippen LogP contribution in [0.5, 0.6) is 0 Å². The fraction of sp³-hybridized carbons (Fsp3) is 0.721. The van der Waals surface area contributed by atoms with E-state index in [4.69, 9.17) is 33.3 Å². The van der Waals surface area contributed by atoms with Gasteiger partial charge in [-0.2, -0.15) is 0 Å². The SMILES string of the molecule is CC[C@H]1OC(=O)[C@H](C)C(=O)[C@H](C)[C@@H](O[C@@H]2O[C@H](C)C[C@H](N(C)C)[C@H]2O)[C@@]2(C)C[C@@H](C)C3=NC(=O)C(COC/C=C/c4ccccn4)O/N=C(\CO[C@@H]([C@@H]3C)[C@]1(C)O)CO2. The van der Waals surface area contributed by atoms with Crippen molar-refractivity contribution in [1.82, 2.24) is 9.88 Å². The topological polar surface area (TPSA) is 197 Å². The molecule has 16 nitrogen and oxygen atoms in total. The van der Waals surface area contributed by atoms with Gasteiger partial charge in [0, 0.05) is 29.8 Å². The normalized spacial score (nSPS) is 40.1. The van der Waals surface area contributed by atoms with Gasteiger partial charge in [-0.05, 0) is 85.2 Å². The molecule has 4 aliphatic rings. The van der Waals surface area contributed by atoms with Crippen LogP contribution in [0.25, 0.3) is 6.08 Å². The van der Waals surface area contributed by atoms with E-state index in [0.717, 1.165) is 5.69 Å². The van der Waals surface area contributed by atoms with E-state index in [1.165, 1.54) is 13.8 Å². The Hall–Kier alpha value is -3.48. The van der Waals surface area contributed by atoms with Crippen LogP contribution >= 0.6 is 0 Å². The van der Waals surface area contributed by atoms with E-state index in [9.17, 15) is 24.6 Å². The zero-order valence-electron chi connectivity index (χ0n) is 36.1. The highest BCUT2D eigenvalue weighted by Gasteiger charge is 2.53. The molecule has 16 heteroatoms. The summed E-state index contributed by atoms with van der Waals surface area (Å²) in [6, 6.07) is 5.23. The van der Waals surface area contributed by atoms with Crippen LogP contribution in [0.2, 0.25) is 0 Å². The van der Waals surface area contributed by atoms with Crippen LogP contribution < -0.4 is 0 Å². The Kier molecular flexibility index (Phi) is 15.7. The first-order valence-corrected chi connectivity index (χ1v) is 20.7. The van der Waals surface area contributed by atoms with Gasteiger partial charge in [0.05, 0.1) is 56.0 Å². The van der Waals surface area contributed by atoms with Crippen molar-refractivity contribution >= 4 is 35.2 Å². The van der Waals surface area contributed by atoms with Crippen LogP contribution in [0.1, 0.15) is 80.3 Å². The lowest BCUT2D eigenvalue weighted by molar-refractivity contribution is -0.296. The fourth-order valence-electron chi connectivity index (χ4n) is 8.80. The molecule has 0 aromatic carbocycles. The summed E-state index contributed by atoms with van der Waals surface area (Å²) in [7, 11) is 3.73. The molecule has 59 heavy (non-hydrogen) atoms. The third kappa shape index (κ3) is 10.9. The Labute approximate surface area is 347 Å². The number of hydrogen-bond acceptors (Lipinski definition) is 15. The maximum atomic E-state index is 14.4. The molecule has 328 valence electrons. The van der Waals surface area contributed by atoms with E-state index in [0.29, 0.717) is 12.1 Å². The summed E-state index contributed by atoms with van der Waals surface area (Å²) in [6.07, 6.45) is -1.03. The second-order valence-corrected chi connectivity index (χ2v) is 17.1. The molecular formula is C43H64N4O12. The minimum absolute atomic E-state index is 0.139. The minimum atomic E-state index is -1.84. The minimum Gasteiger partial charge on any atom is -0.459 e. The summed E-state index contributed by atoms with van der Waals surface area (Å²) in [5.74, 6) is -5.57. The highest BCUT2D eigenvalue weighted by Crippen LogP contribution is 2.40. The number of aromatic nitrogens is 1. The van der Waals surface area contributed by atoms with E-state index in [2.05, 4.69) is 15.1 Å². The number of carbonyl (C=O) groups excluding carboxylic acids is 3. The average molecular weight is 829 g/mol. The molecule has 5 rings (SSSR count). The first kappa shape index (κ1) is 46.6. The molecule has 3 fully saturated rings. The molecule has 1 aromatic heterocycles. The monoisotopic (exact) mass is 828 g/mol. The third-order valence-electron chi connectivity index (χ3n) is 12.1. The van der Waals surface area contributed by atoms with Crippen molar-refractivity contribution in [3.05, 3.63) is 36.2 Å². The Morgan fingerprint density at radius 1 is 1.05 bits per heavy atom. The summed E-state index contributed by atoms with van der Waals surface area (Å²) in [5, 5.41) is 28.4. The maximum Gasteiger partial charge on any atom is 0.316 e. The van der Waals surface area contributed by atoms with Crippen molar-refractivity contribution in [3.63, 3.8) is 0 Å². The van der Waals surface area contributed by atoms with Gasteiger partial charge < -0.3 is 48.4 Å². The number of carbonyl (C=O) groups is 3. The first-order valence-electron chi connectivity index (χ1n) is 20.7. The van der Waals surface area contributed by atoms with Gasteiger partial charge in [0.15, 0.2) is 12.1 Å². The number of aliphatic imine (C=N–C) groups is 1. The lowest BCUT2D eigenvalue weighted by Gasteiger charge is -2.47. The van der Waals surface area contributed by atoms with Crippen molar-refractivity contribution in [3.8, 4) is 0 Å². The number of fused-ring (bicyclic) bond motifs is 4. The molecule has 0 aliphatic carbocycles. The number of aliphatic hydroxyl groups excluding tert-OH is 1. The number of rotatable bonds is 9. The number of nitrogens with zero attached hydrogens (tertiary/aromatic N) is 4. The van der Waals surface area contributed by atoms with Crippen molar-refractivity contribution in [1.29, 1.82) is 0 Å². The number of oxime groups is 1. The van der Waals surface area contributed by atoms with E-state index in [1.54, 1.807) is 46.0 Å². The standard InChI is InChI=1S/C43H64N4O12/c1-11-33-43(8,52)38-26(4)34-24(2)20-42(7,37(27(5)35(48)28(6)40(51)57-33)58-41-36(49)31(47(9)10)19-25(3)56-41)55-22-30(21-54-38)46-59-32(39(50)45-34)23-53-18-14-16-29-15-12-13-17-44-29/h12-17,24-28,31-33,36-38,41,49,52H,11,18-23H2,1-10H3/b16-14+,45-34?,46-30+/t24-,25-,26-,27+,28-,31+,32?,33-,36-,37-,38+,41+,42-,43-/m1/s1. The van der Waals surface area contributed by atoms with Gasteiger partial charge in [-0.1, -0.05) is 45.0 Å². The second kappa shape index (κ2) is 19.9. The number of esters is 1. The van der Waals surface area contributed by atoms with E-state index in [1.807, 2.05) is 51.0 Å². The van der Waals surface area contributed by atoms with Crippen LogP contribution in [0.3, 0.4) is 0 Å². The van der Waals surface area contributed by atoms with E-state index < -0.39 is 89.3 Å². The van der Waals surface area contributed by atoms with Gasteiger partial charge in [-0.3, -0.25) is 19.4 Å². The number of cyclic esters (lactones) is 1. The van der Waals surface area contributed by atoms with Crippen molar-refractivity contribution < 1.29 is 57.9 Å². The van der Waals surface area contributed by atoms with Gasteiger partial charge in [0.2, 0.25) is 6.10 Å². The number of Topliss-reactive ketones (excluding diaryl/α,β-unsaturated/α-hetero) is 1. The van der Waals surface area contributed by atoms with Crippen LogP contribution in [0.4, 0.5) is 0 Å². The molecule has 3 saturated heterocycles. The molecular weight excluding hydrogens is 764 g/mol. The van der Waals surface area contributed by atoms with Gasteiger partial charge in [0.1, 0.15) is 29.4 Å². The molecule has 2 N–H and O–H groups in total. The zero-order chi connectivity index (χ0) is 43.2. The van der Waals surface area contributed by atoms with E-state index in [-0.39, 0.29) is 57.1 Å². The number of pyridine rings is 1. The highest BCUT2D eigenvalue weighted by molar-refractivity contribution is 6.01. The number of ether oxygens (including phenoxy) is 6. The predicted molar refractivity (Wildman–Crippen MR) is 217 cm³/mol.